The topological polar surface area (TPSA) is 21.3 Å². The van der Waals surface area contributed by atoms with Crippen LogP contribution in [0, 0.1) is 0 Å². The zero-order valence-electron chi connectivity index (χ0n) is 10.6. The van der Waals surface area contributed by atoms with E-state index in [-0.39, 0.29) is 6.10 Å². The van der Waals surface area contributed by atoms with Crippen LogP contribution in [-0.4, -0.2) is 31.0 Å². The van der Waals surface area contributed by atoms with Crippen molar-refractivity contribution in [2.45, 2.75) is 75.7 Å². The van der Waals surface area contributed by atoms with Crippen molar-refractivity contribution in [2.24, 2.45) is 0 Å². The molecule has 0 amide bonds. The van der Waals surface area contributed by atoms with Crippen LogP contribution in [0.15, 0.2) is 0 Å². The molecule has 0 aromatic heterocycles. The van der Waals surface area contributed by atoms with Crippen molar-refractivity contribution in [1.82, 2.24) is 5.32 Å². The zero-order valence-corrected chi connectivity index (χ0v) is 10.6. The lowest BCUT2D eigenvalue weighted by atomic mass is 9.92. The van der Waals surface area contributed by atoms with E-state index in [1.165, 1.54) is 25.7 Å². The Labute approximate surface area is 106 Å². The van der Waals surface area contributed by atoms with Gasteiger partial charge in [0, 0.05) is 12.1 Å². The molecule has 2 fully saturated rings. The van der Waals surface area contributed by atoms with Crippen LogP contribution in [0.2, 0.25) is 0 Å². The molecule has 2 rings (SSSR count). The van der Waals surface area contributed by atoms with Gasteiger partial charge in [-0.05, 0) is 38.5 Å². The molecule has 2 aliphatic carbocycles. The summed E-state index contributed by atoms with van der Waals surface area (Å²) < 4.78 is 41.3. The molecule has 1 N–H and O–H groups in total. The van der Waals surface area contributed by atoms with Crippen LogP contribution in [0.1, 0.15) is 51.4 Å². The van der Waals surface area contributed by atoms with Crippen LogP contribution in [-0.2, 0) is 4.74 Å². The maximum Gasteiger partial charge on any atom is 0.411 e. The van der Waals surface area contributed by atoms with E-state index in [0.717, 1.165) is 25.7 Å². The minimum absolute atomic E-state index is 0.223. The van der Waals surface area contributed by atoms with Crippen LogP contribution < -0.4 is 5.32 Å². The monoisotopic (exact) mass is 265 g/mol. The van der Waals surface area contributed by atoms with Crippen LogP contribution in [0.5, 0.6) is 0 Å². The minimum atomic E-state index is -4.20. The highest BCUT2D eigenvalue weighted by Crippen LogP contribution is 2.26. The summed E-state index contributed by atoms with van der Waals surface area (Å²) in [6, 6.07) is 0.927. The Balaban J connectivity index is 1.70. The predicted molar refractivity (Wildman–Crippen MR) is 63.4 cm³/mol. The third-order valence-electron chi connectivity index (χ3n) is 3.94. The molecule has 0 aromatic carbocycles. The molecule has 18 heavy (non-hydrogen) atoms. The zero-order chi connectivity index (χ0) is 13.0. The number of nitrogens with one attached hydrogen (secondary N) is 1. The second kappa shape index (κ2) is 6.24. The lowest BCUT2D eigenvalue weighted by Gasteiger charge is -2.32. The second-order valence-corrected chi connectivity index (χ2v) is 5.56. The van der Waals surface area contributed by atoms with Gasteiger partial charge in [-0.25, -0.2) is 0 Å². The van der Waals surface area contributed by atoms with Crippen LogP contribution in [0.3, 0.4) is 0 Å². The van der Waals surface area contributed by atoms with Gasteiger partial charge in [0.1, 0.15) is 6.61 Å². The maximum absolute atomic E-state index is 12.1. The van der Waals surface area contributed by atoms with Crippen molar-refractivity contribution in [3.05, 3.63) is 0 Å². The molecular weight excluding hydrogens is 243 g/mol. The Morgan fingerprint density at radius 1 is 0.944 bits per heavy atom. The van der Waals surface area contributed by atoms with Crippen molar-refractivity contribution in [2.75, 3.05) is 6.61 Å². The van der Waals surface area contributed by atoms with Crippen molar-refractivity contribution >= 4 is 0 Å². The molecule has 2 saturated carbocycles. The molecule has 5 heteroatoms. The third-order valence-corrected chi connectivity index (χ3v) is 3.94. The van der Waals surface area contributed by atoms with E-state index in [2.05, 4.69) is 5.32 Å². The van der Waals surface area contributed by atoms with Crippen molar-refractivity contribution in [3.8, 4) is 0 Å². The number of hydrogen-bond donors (Lipinski definition) is 1. The number of ether oxygens (including phenoxy) is 1. The van der Waals surface area contributed by atoms with Gasteiger partial charge < -0.3 is 10.1 Å². The van der Waals surface area contributed by atoms with Crippen molar-refractivity contribution in [3.63, 3.8) is 0 Å². The lowest BCUT2D eigenvalue weighted by Crippen LogP contribution is -2.42. The Morgan fingerprint density at radius 3 is 2.28 bits per heavy atom. The Hall–Kier alpha value is -0.290. The van der Waals surface area contributed by atoms with E-state index in [9.17, 15) is 13.2 Å². The Kier molecular flexibility index (Phi) is 4.90. The SMILES string of the molecule is FC(F)(F)COC1CCCC(NC2CCCC2)C1. The first-order valence-electron chi connectivity index (χ1n) is 6.97. The first kappa shape index (κ1) is 14.1. The molecule has 0 spiro atoms. The molecule has 0 radical (unpaired) electrons. The molecule has 2 unspecified atom stereocenters. The lowest BCUT2D eigenvalue weighted by molar-refractivity contribution is -0.188. The summed E-state index contributed by atoms with van der Waals surface area (Å²) in [7, 11) is 0. The van der Waals surface area contributed by atoms with Gasteiger partial charge in [-0.2, -0.15) is 13.2 Å². The molecule has 2 atom stereocenters. The van der Waals surface area contributed by atoms with E-state index in [0.29, 0.717) is 12.1 Å². The number of rotatable bonds is 4. The summed E-state index contributed by atoms with van der Waals surface area (Å²) >= 11 is 0. The van der Waals surface area contributed by atoms with Gasteiger partial charge in [-0.15, -0.1) is 0 Å². The molecule has 0 heterocycles. The quantitative estimate of drug-likeness (QED) is 0.841. The highest BCUT2D eigenvalue weighted by molar-refractivity contribution is 4.83. The number of hydrogen-bond acceptors (Lipinski definition) is 2. The van der Waals surface area contributed by atoms with E-state index in [1.54, 1.807) is 0 Å². The molecule has 0 aliphatic heterocycles. The van der Waals surface area contributed by atoms with Gasteiger partial charge in [-0.1, -0.05) is 12.8 Å². The fourth-order valence-electron chi connectivity index (χ4n) is 3.09. The highest BCUT2D eigenvalue weighted by atomic mass is 19.4. The highest BCUT2D eigenvalue weighted by Gasteiger charge is 2.31. The maximum atomic E-state index is 12.1. The summed E-state index contributed by atoms with van der Waals surface area (Å²) in [6.45, 7) is -1.10. The molecule has 0 bridgehead atoms. The fourth-order valence-corrected chi connectivity index (χ4v) is 3.09. The first-order valence-corrected chi connectivity index (χ1v) is 6.97. The summed E-state index contributed by atoms with van der Waals surface area (Å²) in [5.74, 6) is 0. The number of halogens is 3. The summed E-state index contributed by atoms with van der Waals surface area (Å²) in [6.07, 6.45) is 4.08. The van der Waals surface area contributed by atoms with Gasteiger partial charge >= 0.3 is 6.18 Å². The summed E-state index contributed by atoms with van der Waals surface area (Å²) in [5.41, 5.74) is 0. The molecule has 2 aliphatic rings. The fraction of sp³-hybridized carbons (Fsp3) is 1.00. The smallest absolute Gasteiger partial charge is 0.369 e. The Bertz CT molecular complexity index is 251. The van der Waals surface area contributed by atoms with Crippen molar-refractivity contribution in [1.29, 1.82) is 0 Å². The summed E-state index contributed by atoms with van der Waals surface area (Å²) in [4.78, 5) is 0. The molecule has 0 saturated heterocycles. The molecule has 2 nitrogen and oxygen atoms in total. The standard InChI is InChI=1S/C13H22F3NO/c14-13(15,16)9-18-12-7-3-6-11(8-12)17-10-4-1-2-5-10/h10-12,17H,1-9H2. The Morgan fingerprint density at radius 2 is 1.61 bits per heavy atom. The van der Waals surface area contributed by atoms with E-state index >= 15 is 0 Å². The van der Waals surface area contributed by atoms with Crippen LogP contribution in [0.25, 0.3) is 0 Å². The van der Waals surface area contributed by atoms with Crippen LogP contribution >= 0.6 is 0 Å². The van der Waals surface area contributed by atoms with Gasteiger partial charge in [0.15, 0.2) is 0 Å². The average Bonchev–Trinajstić information content (AvgIpc) is 2.79. The normalized spacial score (nSPS) is 30.8. The average molecular weight is 265 g/mol. The second-order valence-electron chi connectivity index (χ2n) is 5.56. The predicted octanol–water partition coefficient (Wildman–Crippen LogP) is 3.41. The van der Waals surface area contributed by atoms with E-state index < -0.39 is 12.8 Å². The molecule has 0 aromatic rings. The first-order chi connectivity index (χ1) is 8.53. The van der Waals surface area contributed by atoms with Crippen molar-refractivity contribution < 1.29 is 17.9 Å². The van der Waals surface area contributed by atoms with Gasteiger partial charge in [0.2, 0.25) is 0 Å². The third kappa shape index (κ3) is 4.76. The van der Waals surface area contributed by atoms with Gasteiger partial charge in [0.05, 0.1) is 6.10 Å². The van der Waals surface area contributed by atoms with Gasteiger partial charge in [-0.3, -0.25) is 0 Å². The van der Waals surface area contributed by atoms with E-state index in [1.807, 2.05) is 0 Å². The summed E-state index contributed by atoms with van der Waals surface area (Å²) in [5, 5.41) is 3.58. The van der Waals surface area contributed by atoms with Gasteiger partial charge in [0.25, 0.3) is 0 Å². The van der Waals surface area contributed by atoms with E-state index in [4.69, 9.17) is 4.74 Å². The minimum Gasteiger partial charge on any atom is -0.369 e. The number of alkyl halides is 3. The molecule has 106 valence electrons. The van der Waals surface area contributed by atoms with Crippen LogP contribution in [0.4, 0.5) is 13.2 Å². The largest absolute Gasteiger partial charge is 0.411 e. The molecular formula is C13H22F3NO.